The van der Waals surface area contributed by atoms with E-state index in [9.17, 15) is 0 Å². The Balaban J connectivity index is 1.75. The van der Waals surface area contributed by atoms with Crippen molar-refractivity contribution in [1.29, 1.82) is 0 Å². The molecule has 5 nitrogen and oxygen atoms in total. The third-order valence-electron chi connectivity index (χ3n) is 3.12. The average molecular weight is 274 g/mol. The lowest BCUT2D eigenvalue weighted by molar-refractivity contribution is 0.171. The summed E-state index contributed by atoms with van der Waals surface area (Å²) in [6.07, 6.45) is 1.10. The van der Waals surface area contributed by atoms with Crippen LogP contribution in [0.2, 0.25) is 0 Å². The van der Waals surface area contributed by atoms with Gasteiger partial charge in [-0.2, -0.15) is 0 Å². The first-order chi connectivity index (χ1) is 9.86. The highest BCUT2D eigenvalue weighted by Crippen LogP contribution is 2.34. The van der Waals surface area contributed by atoms with Gasteiger partial charge in [-0.1, -0.05) is 12.1 Å². The molecule has 5 heteroatoms. The van der Waals surface area contributed by atoms with Gasteiger partial charge in [0.2, 0.25) is 0 Å². The lowest BCUT2D eigenvalue weighted by Crippen LogP contribution is -2.15. The van der Waals surface area contributed by atoms with Gasteiger partial charge >= 0.3 is 0 Å². The van der Waals surface area contributed by atoms with Gasteiger partial charge in [-0.05, 0) is 31.2 Å². The summed E-state index contributed by atoms with van der Waals surface area (Å²) < 4.78 is 16.5. The molecule has 0 spiro atoms. The molecular weight excluding hydrogens is 256 g/mol. The van der Waals surface area contributed by atoms with Gasteiger partial charge in [-0.3, -0.25) is 0 Å². The maximum atomic E-state index is 5.57. The second-order valence-electron chi connectivity index (χ2n) is 4.72. The van der Waals surface area contributed by atoms with Crippen molar-refractivity contribution in [3.8, 4) is 22.8 Å². The molecule has 0 saturated carbocycles. The second-order valence-corrected chi connectivity index (χ2v) is 4.72. The SMILES string of the molecule is CCCNCc1cc(-c2ccc3c(c2)OCCO3)on1. The molecule has 0 aliphatic carbocycles. The van der Waals surface area contributed by atoms with Crippen LogP contribution in [0.15, 0.2) is 28.8 Å². The molecule has 0 unspecified atom stereocenters. The molecule has 1 aliphatic heterocycles. The molecule has 0 radical (unpaired) electrons. The Hall–Kier alpha value is -2.01. The first-order valence-electron chi connectivity index (χ1n) is 6.93. The minimum absolute atomic E-state index is 0.582. The van der Waals surface area contributed by atoms with Crippen molar-refractivity contribution in [3.63, 3.8) is 0 Å². The van der Waals surface area contributed by atoms with Crippen molar-refractivity contribution >= 4 is 0 Å². The molecule has 2 aromatic rings. The molecule has 1 N–H and O–H groups in total. The van der Waals surface area contributed by atoms with Crippen LogP contribution in [0.4, 0.5) is 0 Å². The number of hydrogen-bond donors (Lipinski definition) is 1. The van der Waals surface area contributed by atoms with Crippen LogP contribution in [0.1, 0.15) is 19.0 Å². The van der Waals surface area contributed by atoms with Crippen LogP contribution < -0.4 is 14.8 Å². The number of fused-ring (bicyclic) bond motifs is 1. The number of nitrogens with one attached hydrogen (secondary N) is 1. The fourth-order valence-corrected chi connectivity index (χ4v) is 2.12. The van der Waals surface area contributed by atoms with Crippen LogP contribution >= 0.6 is 0 Å². The number of benzene rings is 1. The van der Waals surface area contributed by atoms with Crippen molar-refractivity contribution in [2.75, 3.05) is 19.8 Å². The van der Waals surface area contributed by atoms with Crippen LogP contribution in [-0.4, -0.2) is 24.9 Å². The van der Waals surface area contributed by atoms with E-state index in [1.807, 2.05) is 24.3 Å². The summed E-state index contributed by atoms with van der Waals surface area (Å²) in [7, 11) is 0. The Bertz CT molecular complexity index is 580. The fourth-order valence-electron chi connectivity index (χ4n) is 2.12. The summed E-state index contributed by atoms with van der Waals surface area (Å²) in [5.74, 6) is 2.29. The van der Waals surface area contributed by atoms with Crippen LogP contribution in [-0.2, 0) is 6.54 Å². The first kappa shape index (κ1) is 13.0. The fraction of sp³-hybridized carbons (Fsp3) is 0.400. The third kappa shape index (κ3) is 2.77. The summed E-state index contributed by atoms with van der Waals surface area (Å²) in [5, 5.41) is 7.37. The standard InChI is InChI=1S/C15H18N2O3/c1-2-5-16-10-12-9-14(20-17-12)11-3-4-13-15(8-11)19-7-6-18-13/h3-4,8-9,16H,2,5-7,10H2,1H3. The minimum Gasteiger partial charge on any atom is -0.486 e. The molecule has 0 saturated heterocycles. The molecule has 0 bridgehead atoms. The van der Waals surface area contributed by atoms with Gasteiger partial charge in [-0.15, -0.1) is 0 Å². The summed E-state index contributed by atoms with van der Waals surface area (Å²) in [6.45, 7) is 5.02. The normalized spacial score (nSPS) is 13.4. The molecule has 0 fully saturated rings. The maximum absolute atomic E-state index is 5.57. The van der Waals surface area contributed by atoms with E-state index in [0.29, 0.717) is 13.2 Å². The number of nitrogens with zero attached hydrogens (tertiary/aromatic N) is 1. The average Bonchev–Trinajstić information content (AvgIpc) is 2.96. The van der Waals surface area contributed by atoms with Gasteiger partial charge in [0.15, 0.2) is 17.3 Å². The van der Waals surface area contributed by atoms with Crippen LogP contribution in [0, 0.1) is 0 Å². The molecular formula is C15H18N2O3. The van der Waals surface area contributed by atoms with E-state index in [2.05, 4.69) is 17.4 Å². The lowest BCUT2D eigenvalue weighted by Gasteiger charge is -2.18. The molecule has 1 aliphatic rings. The molecule has 0 atom stereocenters. The van der Waals surface area contributed by atoms with E-state index in [1.165, 1.54) is 0 Å². The second kappa shape index (κ2) is 5.96. The van der Waals surface area contributed by atoms with Crippen molar-refractivity contribution in [2.45, 2.75) is 19.9 Å². The van der Waals surface area contributed by atoms with Crippen LogP contribution in [0.25, 0.3) is 11.3 Å². The largest absolute Gasteiger partial charge is 0.486 e. The summed E-state index contributed by atoms with van der Waals surface area (Å²) in [5.41, 5.74) is 1.85. The van der Waals surface area contributed by atoms with Gasteiger partial charge in [0.05, 0.1) is 5.69 Å². The minimum atomic E-state index is 0.582. The van der Waals surface area contributed by atoms with E-state index in [0.717, 1.165) is 48.0 Å². The Kier molecular flexibility index (Phi) is 3.87. The summed E-state index contributed by atoms with van der Waals surface area (Å²) in [6, 6.07) is 7.74. The monoisotopic (exact) mass is 274 g/mol. The lowest BCUT2D eigenvalue weighted by atomic mass is 10.1. The zero-order valence-corrected chi connectivity index (χ0v) is 11.5. The molecule has 3 rings (SSSR count). The van der Waals surface area contributed by atoms with Gasteiger partial charge in [-0.25, -0.2) is 0 Å². The van der Waals surface area contributed by atoms with E-state index in [4.69, 9.17) is 14.0 Å². The Labute approximate surface area is 117 Å². The van der Waals surface area contributed by atoms with Crippen molar-refractivity contribution in [2.24, 2.45) is 0 Å². The number of rotatable bonds is 5. The number of ether oxygens (including phenoxy) is 2. The van der Waals surface area contributed by atoms with Gasteiger partial charge in [0.1, 0.15) is 13.2 Å². The number of aromatic nitrogens is 1. The quantitative estimate of drug-likeness (QED) is 0.849. The molecule has 20 heavy (non-hydrogen) atoms. The van der Waals surface area contributed by atoms with Crippen molar-refractivity contribution in [1.82, 2.24) is 10.5 Å². The zero-order chi connectivity index (χ0) is 13.8. The number of hydrogen-bond acceptors (Lipinski definition) is 5. The van der Waals surface area contributed by atoms with E-state index in [-0.39, 0.29) is 0 Å². The summed E-state index contributed by atoms with van der Waals surface area (Å²) in [4.78, 5) is 0. The predicted molar refractivity (Wildman–Crippen MR) is 74.9 cm³/mol. The Morgan fingerprint density at radius 2 is 2.00 bits per heavy atom. The highest BCUT2D eigenvalue weighted by atomic mass is 16.6. The molecule has 1 aromatic carbocycles. The smallest absolute Gasteiger partial charge is 0.167 e. The van der Waals surface area contributed by atoms with Crippen LogP contribution in [0.5, 0.6) is 11.5 Å². The highest BCUT2D eigenvalue weighted by Gasteiger charge is 2.14. The third-order valence-corrected chi connectivity index (χ3v) is 3.12. The Morgan fingerprint density at radius 3 is 2.85 bits per heavy atom. The van der Waals surface area contributed by atoms with E-state index in [1.54, 1.807) is 0 Å². The van der Waals surface area contributed by atoms with Crippen molar-refractivity contribution < 1.29 is 14.0 Å². The van der Waals surface area contributed by atoms with Gasteiger partial charge in [0, 0.05) is 18.2 Å². The molecule has 2 heterocycles. The zero-order valence-electron chi connectivity index (χ0n) is 11.5. The van der Waals surface area contributed by atoms with Crippen LogP contribution in [0.3, 0.4) is 0 Å². The summed E-state index contributed by atoms with van der Waals surface area (Å²) >= 11 is 0. The van der Waals surface area contributed by atoms with E-state index >= 15 is 0 Å². The first-order valence-corrected chi connectivity index (χ1v) is 6.93. The van der Waals surface area contributed by atoms with E-state index < -0.39 is 0 Å². The van der Waals surface area contributed by atoms with Gasteiger partial charge in [0.25, 0.3) is 0 Å². The topological polar surface area (TPSA) is 56.5 Å². The predicted octanol–water partition coefficient (Wildman–Crippen LogP) is 2.61. The Morgan fingerprint density at radius 1 is 1.15 bits per heavy atom. The maximum Gasteiger partial charge on any atom is 0.167 e. The highest BCUT2D eigenvalue weighted by molar-refractivity contribution is 5.63. The molecule has 1 aromatic heterocycles. The van der Waals surface area contributed by atoms with Gasteiger partial charge < -0.3 is 19.3 Å². The molecule has 106 valence electrons. The van der Waals surface area contributed by atoms with Crippen molar-refractivity contribution in [3.05, 3.63) is 30.0 Å². The molecule has 0 amide bonds.